The van der Waals surface area contributed by atoms with Crippen LogP contribution >= 0.6 is 24.0 Å². The molecule has 0 aliphatic carbocycles. The van der Waals surface area contributed by atoms with Gasteiger partial charge in [-0.15, -0.1) is 24.0 Å². The molecule has 9 heteroatoms. The Hall–Kier alpha value is -2.04. The molecule has 1 heterocycles. The van der Waals surface area contributed by atoms with Gasteiger partial charge in [-0.1, -0.05) is 38.1 Å². The Labute approximate surface area is 189 Å². The fourth-order valence-electron chi connectivity index (χ4n) is 2.33. The van der Waals surface area contributed by atoms with E-state index in [0.717, 1.165) is 6.54 Å². The molecule has 0 aliphatic rings. The standard InChI is InChI=1S/C20H31N5O3.HI/c1-7-21-19(23-13-17-24-18(28-25-17)20(3,4)5)22-12-14(2)27-16-11-9-8-10-15(16)26-6;/h8-11,14H,7,12-13H2,1-6H3,(H2,21,22,23);1H. The average molecular weight is 517 g/mol. The maximum atomic E-state index is 5.96. The summed E-state index contributed by atoms with van der Waals surface area (Å²) in [4.78, 5) is 8.93. The van der Waals surface area contributed by atoms with E-state index in [-0.39, 0.29) is 35.5 Å². The van der Waals surface area contributed by atoms with Gasteiger partial charge in [0.1, 0.15) is 12.6 Å². The Balaban J connectivity index is 0.00000420. The molecule has 29 heavy (non-hydrogen) atoms. The predicted molar refractivity (Wildman–Crippen MR) is 124 cm³/mol. The number of aliphatic imine (C=N–C) groups is 1. The van der Waals surface area contributed by atoms with Gasteiger partial charge in [-0.25, -0.2) is 4.99 Å². The Morgan fingerprint density at radius 2 is 1.90 bits per heavy atom. The van der Waals surface area contributed by atoms with E-state index in [2.05, 4.69) is 25.8 Å². The predicted octanol–water partition coefficient (Wildman–Crippen LogP) is 3.52. The van der Waals surface area contributed by atoms with Gasteiger partial charge in [-0.3, -0.25) is 0 Å². The second kappa shape index (κ2) is 11.8. The highest BCUT2D eigenvalue weighted by Gasteiger charge is 2.21. The quantitative estimate of drug-likeness (QED) is 0.315. The lowest BCUT2D eigenvalue weighted by Crippen LogP contribution is -2.41. The molecule has 1 unspecified atom stereocenters. The molecule has 0 fully saturated rings. The van der Waals surface area contributed by atoms with Crippen LogP contribution in [0.15, 0.2) is 33.8 Å². The van der Waals surface area contributed by atoms with Crippen LogP contribution in [0.1, 0.15) is 46.3 Å². The summed E-state index contributed by atoms with van der Waals surface area (Å²) in [5, 5.41) is 10.5. The van der Waals surface area contributed by atoms with E-state index in [1.807, 2.05) is 58.9 Å². The summed E-state index contributed by atoms with van der Waals surface area (Å²) in [5.41, 5.74) is -0.178. The van der Waals surface area contributed by atoms with E-state index in [4.69, 9.17) is 14.0 Å². The smallest absolute Gasteiger partial charge is 0.232 e. The SMILES string of the molecule is CCNC(=NCc1noc(C(C)(C)C)n1)NCC(C)Oc1ccccc1OC.I. The van der Waals surface area contributed by atoms with Crippen molar-refractivity contribution >= 4 is 29.9 Å². The first-order chi connectivity index (χ1) is 13.3. The summed E-state index contributed by atoms with van der Waals surface area (Å²) in [7, 11) is 1.63. The van der Waals surface area contributed by atoms with Gasteiger partial charge in [0.2, 0.25) is 5.89 Å². The minimum Gasteiger partial charge on any atom is -0.493 e. The zero-order chi connectivity index (χ0) is 20.6. The summed E-state index contributed by atoms with van der Waals surface area (Å²) in [6.07, 6.45) is -0.0853. The zero-order valence-corrected chi connectivity index (χ0v) is 20.3. The third-order valence-corrected chi connectivity index (χ3v) is 3.79. The van der Waals surface area contributed by atoms with Gasteiger partial charge in [0, 0.05) is 12.0 Å². The molecule has 2 N–H and O–H groups in total. The lowest BCUT2D eigenvalue weighted by atomic mass is 9.97. The van der Waals surface area contributed by atoms with Crippen molar-refractivity contribution in [2.45, 2.75) is 52.7 Å². The van der Waals surface area contributed by atoms with Crippen molar-refractivity contribution in [3.05, 3.63) is 36.0 Å². The van der Waals surface area contributed by atoms with Gasteiger partial charge in [0.15, 0.2) is 23.3 Å². The van der Waals surface area contributed by atoms with E-state index in [1.54, 1.807) is 7.11 Å². The largest absolute Gasteiger partial charge is 0.493 e. The number of aromatic nitrogens is 2. The van der Waals surface area contributed by atoms with Gasteiger partial charge in [0.05, 0.1) is 13.7 Å². The van der Waals surface area contributed by atoms with E-state index < -0.39 is 0 Å². The lowest BCUT2D eigenvalue weighted by molar-refractivity contribution is 0.213. The first kappa shape index (κ1) is 25.0. The molecular formula is C20H32IN5O3. The van der Waals surface area contributed by atoms with Crippen LogP contribution in [-0.2, 0) is 12.0 Å². The third-order valence-electron chi connectivity index (χ3n) is 3.79. The number of para-hydroxylation sites is 2. The van der Waals surface area contributed by atoms with E-state index in [1.165, 1.54) is 0 Å². The molecule has 0 saturated heterocycles. The monoisotopic (exact) mass is 517 g/mol. The van der Waals surface area contributed by atoms with Gasteiger partial charge < -0.3 is 24.6 Å². The minimum absolute atomic E-state index is 0. The highest BCUT2D eigenvalue weighted by Crippen LogP contribution is 2.26. The number of hydrogen-bond donors (Lipinski definition) is 2. The molecule has 1 aromatic heterocycles. The Kier molecular flexibility index (Phi) is 10.2. The van der Waals surface area contributed by atoms with Crippen LogP contribution in [0.5, 0.6) is 11.5 Å². The second-order valence-electron chi connectivity index (χ2n) is 7.42. The van der Waals surface area contributed by atoms with Crippen molar-refractivity contribution in [2.24, 2.45) is 4.99 Å². The van der Waals surface area contributed by atoms with Crippen molar-refractivity contribution in [1.29, 1.82) is 0 Å². The van der Waals surface area contributed by atoms with Gasteiger partial charge in [-0.05, 0) is 26.0 Å². The fourth-order valence-corrected chi connectivity index (χ4v) is 2.33. The summed E-state index contributed by atoms with van der Waals surface area (Å²) < 4.78 is 16.6. The molecule has 0 aliphatic heterocycles. The summed E-state index contributed by atoms with van der Waals surface area (Å²) >= 11 is 0. The number of nitrogens with zero attached hydrogens (tertiary/aromatic N) is 3. The highest BCUT2D eigenvalue weighted by molar-refractivity contribution is 14.0. The third kappa shape index (κ3) is 8.08. The van der Waals surface area contributed by atoms with Gasteiger partial charge >= 0.3 is 0 Å². The highest BCUT2D eigenvalue weighted by atomic mass is 127. The van der Waals surface area contributed by atoms with Crippen molar-refractivity contribution in [3.8, 4) is 11.5 Å². The van der Waals surface area contributed by atoms with Gasteiger partial charge in [-0.2, -0.15) is 4.98 Å². The van der Waals surface area contributed by atoms with Crippen LogP contribution in [0.25, 0.3) is 0 Å². The van der Waals surface area contributed by atoms with Crippen LogP contribution in [0, 0.1) is 0 Å². The average Bonchev–Trinajstić information content (AvgIpc) is 3.14. The summed E-state index contributed by atoms with van der Waals surface area (Å²) in [6.45, 7) is 11.7. The second-order valence-corrected chi connectivity index (χ2v) is 7.42. The molecule has 8 nitrogen and oxygen atoms in total. The number of halogens is 1. The molecule has 1 aromatic carbocycles. The molecule has 0 radical (unpaired) electrons. The molecule has 162 valence electrons. The van der Waals surface area contributed by atoms with Crippen LogP contribution in [-0.4, -0.2) is 42.4 Å². The van der Waals surface area contributed by atoms with Crippen molar-refractivity contribution < 1.29 is 14.0 Å². The van der Waals surface area contributed by atoms with Crippen LogP contribution in [0.3, 0.4) is 0 Å². The fraction of sp³-hybridized carbons (Fsp3) is 0.550. The number of benzene rings is 1. The van der Waals surface area contributed by atoms with Crippen LogP contribution in [0.4, 0.5) is 0 Å². The Morgan fingerprint density at radius 3 is 2.48 bits per heavy atom. The first-order valence-corrected chi connectivity index (χ1v) is 9.48. The molecule has 2 rings (SSSR count). The maximum absolute atomic E-state index is 5.96. The van der Waals surface area contributed by atoms with Crippen molar-refractivity contribution in [3.63, 3.8) is 0 Å². The molecule has 0 amide bonds. The number of methoxy groups -OCH3 is 1. The molecule has 1 atom stereocenters. The van der Waals surface area contributed by atoms with Crippen LogP contribution in [0.2, 0.25) is 0 Å². The summed E-state index contributed by atoms with van der Waals surface area (Å²) in [6, 6.07) is 7.59. The number of hydrogen-bond acceptors (Lipinski definition) is 6. The van der Waals surface area contributed by atoms with E-state index >= 15 is 0 Å². The molecule has 0 saturated carbocycles. The normalized spacial score (nSPS) is 12.7. The topological polar surface area (TPSA) is 93.8 Å². The molecule has 2 aromatic rings. The molecule has 0 bridgehead atoms. The lowest BCUT2D eigenvalue weighted by Gasteiger charge is -2.18. The van der Waals surface area contributed by atoms with E-state index in [0.29, 0.717) is 42.3 Å². The van der Waals surface area contributed by atoms with E-state index in [9.17, 15) is 0 Å². The number of ether oxygens (including phenoxy) is 2. The molecule has 0 spiro atoms. The number of guanidine groups is 1. The van der Waals surface area contributed by atoms with Crippen LogP contribution < -0.4 is 20.1 Å². The zero-order valence-electron chi connectivity index (χ0n) is 18.0. The first-order valence-electron chi connectivity index (χ1n) is 9.48. The maximum Gasteiger partial charge on any atom is 0.232 e. The van der Waals surface area contributed by atoms with Crippen molar-refractivity contribution in [2.75, 3.05) is 20.2 Å². The van der Waals surface area contributed by atoms with Crippen molar-refractivity contribution in [1.82, 2.24) is 20.8 Å². The summed E-state index contributed by atoms with van der Waals surface area (Å²) in [5.74, 6) is 3.25. The Morgan fingerprint density at radius 1 is 1.21 bits per heavy atom. The van der Waals surface area contributed by atoms with Gasteiger partial charge in [0.25, 0.3) is 0 Å². The Bertz CT molecular complexity index is 773. The minimum atomic E-state index is -0.178. The molecular weight excluding hydrogens is 485 g/mol. The number of rotatable bonds is 8. The number of nitrogens with one attached hydrogen (secondary N) is 2.